The Bertz CT molecular complexity index is 1010. The van der Waals surface area contributed by atoms with E-state index < -0.39 is 5.92 Å². The van der Waals surface area contributed by atoms with E-state index in [4.69, 9.17) is 18.9 Å². The minimum atomic E-state index is -0.448. The number of allylic oxidation sites excluding steroid dienone is 2. The highest BCUT2D eigenvalue weighted by molar-refractivity contribution is 5.71. The number of unbranched alkanes of at least 4 members (excludes halogenated alkanes) is 16. The van der Waals surface area contributed by atoms with Crippen LogP contribution in [0.4, 0.5) is 4.79 Å². The van der Waals surface area contributed by atoms with Gasteiger partial charge >= 0.3 is 24.0 Å². The van der Waals surface area contributed by atoms with Gasteiger partial charge in [0.05, 0.1) is 5.92 Å². The van der Waals surface area contributed by atoms with Crippen molar-refractivity contribution in [2.45, 2.75) is 187 Å². The number of carbonyl (C=O) groups is 4. The van der Waals surface area contributed by atoms with E-state index in [2.05, 4.69) is 32.9 Å². The molecule has 1 saturated carbocycles. The topological polar surface area (TPSA) is 112 Å². The van der Waals surface area contributed by atoms with Crippen LogP contribution in [-0.4, -0.2) is 94.0 Å². The van der Waals surface area contributed by atoms with Crippen LogP contribution in [-0.2, 0) is 33.3 Å². The van der Waals surface area contributed by atoms with E-state index in [0.717, 1.165) is 64.3 Å². The van der Waals surface area contributed by atoms with Gasteiger partial charge in [0.25, 0.3) is 0 Å². The predicted octanol–water partition coefficient (Wildman–Crippen LogP) is 10.8. The lowest BCUT2D eigenvalue weighted by atomic mass is 9.89. The van der Waals surface area contributed by atoms with Gasteiger partial charge in [0.1, 0.15) is 25.9 Å². The minimum absolute atomic E-state index is 0.00232. The molecule has 0 radical (unpaired) electrons. The van der Waals surface area contributed by atoms with Gasteiger partial charge in [0.15, 0.2) is 0 Å². The second-order valence-corrected chi connectivity index (χ2v) is 16.5. The summed E-state index contributed by atoms with van der Waals surface area (Å²) in [7, 11) is 5.69. The third-order valence-corrected chi connectivity index (χ3v) is 11.0. The van der Waals surface area contributed by atoms with Crippen molar-refractivity contribution in [3.05, 3.63) is 12.2 Å². The van der Waals surface area contributed by atoms with Gasteiger partial charge in [-0.15, -0.1) is 0 Å². The summed E-state index contributed by atoms with van der Waals surface area (Å²) >= 11 is 0. The van der Waals surface area contributed by atoms with Crippen LogP contribution >= 0.6 is 0 Å². The third kappa shape index (κ3) is 27.1. The highest BCUT2D eigenvalue weighted by atomic mass is 16.6. The highest BCUT2D eigenvalue weighted by Crippen LogP contribution is 2.39. The number of likely N-dealkylation sites (N-methyl/N-ethyl adjacent to an activating group) is 2. The maximum Gasteiger partial charge on any atom is 0.409 e. The van der Waals surface area contributed by atoms with E-state index in [9.17, 15) is 19.2 Å². The fraction of sp³-hybridized carbons (Fsp3) is 0.870. The molecule has 10 heteroatoms. The van der Waals surface area contributed by atoms with Crippen molar-refractivity contribution in [3.63, 3.8) is 0 Å². The summed E-state index contributed by atoms with van der Waals surface area (Å²) in [5.41, 5.74) is 0. The van der Waals surface area contributed by atoms with E-state index >= 15 is 0 Å². The zero-order valence-corrected chi connectivity index (χ0v) is 36.8. The van der Waals surface area contributed by atoms with Crippen molar-refractivity contribution >= 4 is 24.0 Å². The monoisotopic (exact) mass is 793 g/mol. The minimum Gasteiger partial charge on any atom is -0.465 e. The Balaban J connectivity index is 2.68. The van der Waals surface area contributed by atoms with Crippen LogP contribution in [0, 0.1) is 17.8 Å². The molecule has 0 aromatic carbocycles. The molecule has 0 aromatic rings. The lowest BCUT2D eigenvalue weighted by Crippen LogP contribution is -2.37. The number of hydrogen-bond donors (Lipinski definition) is 0. The number of carbonyl (C=O) groups excluding carboxylic acids is 4. The molecule has 1 aliphatic rings. The van der Waals surface area contributed by atoms with Crippen molar-refractivity contribution in [3.8, 4) is 0 Å². The number of rotatable bonds is 35. The average molecular weight is 793 g/mol. The summed E-state index contributed by atoms with van der Waals surface area (Å²) in [5.74, 6) is -1.32. The number of esters is 3. The molecule has 0 aliphatic heterocycles. The van der Waals surface area contributed by atoms with Crippen molar-refractivity contribution in [1.82, 2.24) is 9.80 Å². The smallest absolute Gasteiger partial charge is 0.409 e. The van der Waals surface area contributed by atoms with Gasteiger partial charge < -0.3 is 28.7 Å². The quantitative estimate of drug-likeness (QED) is 0.0268. The molecule has 1 aliphatic carbocycles. The average Bonchev–Trinajstić information content (AvgIpc) is 3.54. The summed E-state index contributed by atoms with van der Waals surface area (Å²) in [4.78, 5) is 55.1. The van der Waals surface area contributed by atoms with Gasteiger partial charge in [0.2, 0.25) is 0 Å². The van der Waals surface area contributed by atoms with Gasteiger partial charge in [-0.3, -0.25) is 14.4 Å². The Morgan fingerprint density at radius 1 is 0.589 bits per heavy atom. The zero-order chi connectivity index (χ0) is 41.2. The Kier molecular flexibility index (Phi) is 31.6. The Hall–Kier alpha value is -2.62. The molecular formula is C46H84N2O8. The lowest BCUT2D eigenvalue weighted by Gasteiger charge is -2.26. The maximum atomic E-state index is 13.3. The van der Waals surface area contributed by atoms with Crippen molar-refractivity contribution < 1.29 is 38.1 Å². The Morgan fingerprint density at radius 3 is 1.52 bits per heavy atom. The molecule has 0 saturated heterocycles. The van der Waals surface area contributed by atoms with Crippen molar-refractivity contribution in [2.24, 2.45) is 17.8 Å². The van der Waals surface area contributed by atoms with Crippen LogP contribution in [0.25, 0.3) is 0 Å². The molecule has 1 rings (SSSR count). The Labute approximate surface area is 342 Å². The molecule has 0 aromatic heterocycles. The second-order valence-electron chi connectivity index (χ2n) is 16.5. The molecular weight excluding hydrogens is 709 g/mol. The molecule has 10 nitrogen and oxygen atoms in total. The zero-order valence-electron chi connectivity index (χ0n) is 36.8. The fourth-order valence-electron chi connectivity index (χ4n) is 7.29. The summed E-state index contributed by atoms with van der Waals surface area (Å²) < 4.78 is 23.0. The SMILES string of the molecule is CC/C=C\CC1C(CC(=O)OCC(COC(=O)CCCCCCCCCCC)COC(=O)CCCCCCCCCCC)CCC1OC(=O)N(C)CCN(C)C. The number of nitrogens with zero attached hydrogens (tertiary/aromatic N) is 2. The molecule has 0 spiro atoms. The van der Waals surface area contributed by atoms with Crippen molar-refractivity contribution in [1.29, 1.82) is 0 Å². The molecule has 1 fully saturated rings. The van der Waals surface area contributed by atoms with Crippen LogP contribution in [0.5, 0.6) is 0 Å². The first-order valence-corrected chi connectivity index (χ1v) is 22.8. The van der Waals surface area contributed by atoms with Crippen LogP contribution < -0.4 is 0 Å². The van der Waals surface area contributed by atoms with E-state index in [-0.39, 0.29) is 68.2 Å². The van der Waals surface area contributed by atoms with E-state index in [0.29, 0.717) is 25.8 Å². The number of amides is 1. The highest BCUT2D eigenvalue weighted by Gasteiger charge is 2.39. The summed E-state index contributed by atoms with van der Waals surface area (Å²) in [6.07, 6.45) is 28.7. The predicted molar refractivity (Wildman–Crippen MR) is 226 cm³/mol. The molecule has 56 heavy (non-hydrogen) atoms. The normalized spacial score (nSPS) is 16.8. The van der Waals surface area contributed by atoms with E-state index in [1.807, 2.05) is 19.0 Å². The molecule has 0 bridgehead atoms. The number of hydrogen-bond acceptors (Lipinski definition) is 9. The van der Waals surface area contributed by atoms with Crippen molar-refractivity contribution in [2.75, 3.05) is 54.1 Å². The fourth-order valence-corrected chi connectivity index (χ4v) is 7.29. The van der Waals surface area contributed by atoms with E-state index in [1.165, 1.54) is 77.0 Å². The lowest BCUT2D eigenvalue weighted by molar-refractivity contribution is -0.154. The van der Waals surface area contributed by atoms with E-state index in [1.54, 1.807) is 11.9 Å². The van der Waals surface area contributed by atoms with Gasteiger partial charge in [-0.2, -0.15) is 0 Å². The summed E-state index contributed by atoms with van der Waals surface area (Å²) in [6, 6.07) is 0. The first-order chi connectivity index (χ1) is 27.1. The van der Waals surface area contributed by atoms with Crippen LogP contribution in [0.1, 0.15) is 181 Å². The molecule has 0 N–H and O–H groups in total. The molecule has 0 heterocycles. The van der Waals surface area contributed by atoms with Gasteiger partial charge in [-0.25, -0.2) is 4.79 Å². The van der Waals surface area contributed by atoms with Crippen LogP contribution in [0.15, 0.2) is 12.2 Å². The first kappa shape index (κ1) is 51.4. The van der Waals surface area contributed by atoms with Crippen LogP contribution in [0.3, 0.4) is 0 Å². The maximum absolute atomic E-state index is 13.3. The van der Waals surface area contributed by atoms with Gasteiger partial charge in [-0.1, -0.05) is 136 Å². The molecule has 3 atom stereocenters. The molecule has 326 valence electrons. The summed E-state index contributed by atoms with van der Waals surface area (Å²) in [5, 5.41) is 0. The summed E-state index contributed by atoms with van der Waals surface area (Å²) in [6.45, 7) is 7.90. The molecule has 1 amide bonds. The van der Waals surface area contributed by atoms with Gasteiger partial charge in [-0.05, 0) is 58.5 Å². The third-order valence-electron chi connectivity index (χ3n) is 11.0. The number of ether oxygens (including phenoxy) is 4. The Morgan fingerprint density at radius 2 is 1.05 bits per heavy atom. The molecule has 3 unspecified atom stereocenters. The van der Waals surface area contributed by atoms with Gasteiger partial charge in [0, 0.05) is 45.3 Å². The standard InChI is InChI=1S/C46H84N2O8/c1-7-10-13-15-17-19-21-23-26-29-43(49)53-36-39(37-54-44(50)30-27-24-22-20-18-16-14-11-8-2)38-55-45(51)35-40-31-32-42(41(40)28-25-12-9-3)56-46(52)48(6)34-33-47(4)5/h12,25,39-42H,7-11,13-24,26-38H2,1-6H3/b25-12-. The van der Waals surface area contributed by atoms with Crippen LogP contribution in [0.2, 0.25) is 0 Å². The first-order valence-electron chi connectivity index (χ1n) is 22.8. The largest absolute Gasteiger partial charge is 0.465 e. The second kappa shape index (κ2) is 34.4.